The van der Waals surface area contributed by atoms with Gasteiger partial charge in [0.15, 0.2) is 5.82 Å². The van der Waals surface area contributed by atoms with E-state index >= 15 is 0 Å². The monoisotopic (exact) mass is 238 g/mol. The van der Waals surface area contributed by atoms with Crippen LogP contribution >= 0.6 is 12.2 Å². The number of rotatable bonds is 6. The van der Waals surface area contributed by atoms with Crippen molar-refractivity contribution in [2.24, 2.45) is 5.73 Å². The van der Waals surface area contributed by atoms with Crippen molar-refractivity contribution in [3.05, 3.63) is 18.1 Å². The minimum atomic E-state index is 0.280. The molecular formula is C11H18N4S. The molecule has 4 nitrogen and oxygen atoms in total. The molecule has 3 N–H and O–H groups in total. The van der Waals surface area contributed by atoms with E-state index in [1.54, 1.807) is 12.4 Å². The third-order valence-electron chi connectivity index (χ3n) is 2.40. The van der Waals surface area contributed by atoms with Gasteiger partial charge in [-0.3, -0.25) is 0 Å². The number of nitrogens with two attached hydrogens (primary N) is 1. The number of nitrogens with one attached hydrogen (secondary N) is 1. The predicted molar refractivity (Wildman–Crippen MR) is 70.5 cm³/mol. The van der Waals surface area contributed by atoms with E-state index in [0.29, 0.717) is 17.6 Å². The first-order valence-electron chi connectivity index (χ1n) is 5.56. The Balaban J connectivity index is 2.82. The molecular weight excluding hydrogens is 220 g/mol. The summed E-state index contributed by atoms with van der Waals surface area (Å²) >= 11 is 4.94. The van der Waals surface area contributed by atoms with Gasteiger partial charge in [0.25, 0.3) is 0 Å². The number of nitrogens with zero attached hydrogens (tertiary/aromatic N) is 2. The van der Waals surface area contributed by atoms with Crippen LogP contribution in [0.4, 0.5) is 5.82 Å². The van der Waals surface area contributed by atoms with E-state index < -0.39 is 0 Å². The Bertz CT molecular complexity index is 354. The van der Waals surface area contributed by atoms with Crippen LogP contribution < -0.4 is 11.1 Å². The fourth-order valence-electron chi connectivity index (χ4n) is 1.54. The van der Waals surface area contributed by atoms with Crippen LogP contribution in [0.2, 0.25) is 0 Å². The highest BCUT2D eigenvalue weighted by atomic mass is 32.1. The van der Waals surface area contributed by atoms with Crippen LogP contribution in [0, 0.1) is 0 Å². The first-order chi connectivity index (χ1) is 7.69. The Labute approximate surface area is 102 Å². The highest BCUT2D eigenvalue weighted by Crippen LogP contribution is 2.13. The highest BCUT2D eigenvalue weighted by Gasteiger charge is 2.11. The van der Waals surface area contributed by atoms with Gasteiger partial charge in [0.05, 0.1) is 0 Å². The summed E-state index contributed by atoms with van der Waals surface area (Å²) in [4.78, 5) is 8.64. The lowest BCUT2D eigenvalue weighted by molar-refractivity contribution is 0.620. The molecule has 88 valence electrons. The average Bonchev–Trinajstić information content (AvgIpc) is 2.29. The Hall–Kier alpha value is -1.23. The van der Waals surface area contributed by atoms with E-state index in [1.165, 1.54) is 0 Å². The molecule has 0 aromatic carbocycles. The maximum Gasteiger partial charge on any atom is 0.155 e. The Morgan fingerprint density at radius 3 is 2.69 bits per heavy atom. The Morgan fingerprint density at radius 1 is 1.44 bits per heavy atom. The molecule has 1 aromatic rings. The van der Waals surface area contributed by atoms with Gasteiger partial charge < -0.3 is 11.1 Å². The molecule has 0 aliphatic heterocycles. The molecule has 0 fully saturated rings. The van der Waals surface area contributed by atoms with Crippen molar-refractivity contribution < 1.29 is 0 Å². The lowest BCUT2D eigenvalue weighted by atomic mass is 10.1. The van der Waals surface area contributed by atoms with Crippen molar-refractivity contribution >= 4 is 23.0 Å². The fourth-order valence-corrected chi connectivity index (χ4v) is 1.69. The largest absolute Gasteiger partial charge is 0.388 e. The number of hydrogen-bond acceptors (Lipinski definition) is 4. The Kier molecular flexibility index (Phi) is 5.11. The quantitative estimate of drug-likeness (QED) is 0.743. The summed E-state index contributed by atoms with van der Waals surface area (Å²) < 4.78 is 0. The zero-order chi connectivity index (χ0) is 12.0. The standard InChI is InChI=1S/C11H18N4S/c1-3-5-8(4-2)15-11-9(10(12)16)13-6-7-14-11/h6-8H,3-5H2,1-2H3,(H2,12,16)(H,14,15). The summed E-state index contributed by atoms with van der Waals surface area (Å²) in [6.07, 6.45) is 6.52. The molecule has 0 amide bonds. The first kappa shape index (κ1) is 12.8. The molecule has 0 aliphatic carbocycles. The first-order valence-corrected chi connectivity index (χ1v) is 5.97. The third-order valence-corrected chi connectivity index (χ3v) is 2.60. The summed E-state index contributed by atoms with van der Waals surface area (Å²) in [6, 6.07) is 0.398. The van der Waals surface area contributed by atoms with Crippen molar-refractivity contribution in [2.75, 3.05) is 5.32 Å². The molecule has 1 aromatic heterocycles. The second-order valence-electron chi connectivity index (χ2n) is 3.66. The van der Waals surface area contributed by atoms with Crippen molar-refractivity contribution in [1.29, 1.82) is 0 Å². The summed E-state index contributed by atoms with van der Waals surface area (Å²) in [7, 11) is 0. The van der Waals surface area contributed by atoms with Gasteiger partial charge in [-0.2, -0.15) is 0 Å². The molecule has 0 bridgehead atoms. The highest BCUT2D eigenvalue weighted by molar-refractivity contribution is 7.80. The number of thiocarbonyl (C=S) groups is 1. The van der Waals surface area contributed by atoms with Gasteiger partial charge in [-0.1, -0.05) is 32.5 Å². The molecule has 0 saturated carbocycles. The molecule has 0 aliphatic rings. The van der Waals surface area contributed by atoms with Gasteiger partial charge in [-0.25, -0.2) is 9.97 Å². The Morgan fingerprint density at radius 2 is 2.12 bits per heavy atom. The number of hydrogen-bond donors (Lipinski definition) is 2. The fraction of sp³-hybridized carbons (Fsp3) is 0.545. The van der Waals surface area contributed by atoms with E-state index in [1.807, 2.05) is 0 Å². The van der Waals surface area contributed by atoms with Crippen molar-refractivity contribution in [1.82, 2.24) is 9.97 Å². The molecule has 1 rings (SSSR count). The third kappa shape index (κ3) is 3.41. The maximum absolute atomic E-state index is 5.59. The second-order valence-corrected chi connectivity index (χ2v) is 4.10. The average molecular weight is 238 g/mol. The molecule has 1 atom stereocenters. The summed E-state index contributed by atoms with van der Waals surface area (Å²) in [6.45, 7) is 4.31. The second kappa shape index (κ2) is 6.37. The van der Waals surface area contributed by atoms with Crippen LogP contribution in [0.3, 0.4) is 0 Å². The van der Waals surface area contributed by atoms with Crippen molar-refractivity contribution in [2.45, 2.75) is 39.2 Å². The predicted octanol–water partition coefficient (Wildman–Crippen LogP) is 2.10. The zero-order valence-corrected chi connectivity index (χ0v) is 10.5. The summed E-state index contributed by atoms with van der Waals surface area (Å²) in [5.41, 5.74) is 6.17. The smallest absolute Gasteiger partial charge is 0.155 e. The van der Waals surface area contributed by atoms with E-state index in [2.05, 4.69) is 29.1 Å². The van der Waals surface area contributed by atoms with E-state index in [0.717, 1.165) is 19.3 Å². The van der Waals surface area contributed by atoms with Crippen LogP contribution in [0.15, 0.2) is 12.4 Å². The molecule has 16 heavy (non-hydrogen) atoms. The lowest BCUT2D eigenvalue weighted by Gasteiger charge is -2.17. The number of aromatic nitrogens is 2. The van der Waals surface area contributed by atoms with E-state index in [4.69, 9.17) is 18.0 Å². The lowest BCUT2D eigenvalue weighted by Crippen LogP contribution is -2.23. The van der Waals surface area contributed by atoms with Gasteiger partial charge >= 0.3 is 0 Å². The van der Waals surface area contributed by atoms with Crippen molar-refractivity contribution in [3.63, 3.8) is 0 Å². The van der Waals surface area contributed by atoms with Crippen LogP contribution in [-0.4, -0.2) is 21.0 Å². The van der Waals surface area contributed by atoms with Crippen LogP contribution in [0.5, 0.6) is 0 Å². The van der Waals surface area contributed by atoms with Gasteiger partial charge in [-0.15, -0.1) is 0 Å². The molecule has 0 spiro atoms. The molecule has 1 unspecified atom stereocenters. The topological polar surface area (TPSA) is 63.8 Å². The molecule has 5 heteroatoms. The zero-order valence-electron chi connectivity index (χ0n) is 9.73. The summed E-state index contributed by atoms with van der Waals surface area (Å²) in [5.74, 6) is 0.690. The maximum atomic E-state index is 5.59. The van der Waals surface area contributed by atoms with Crippen LogP contribution in [-0.2, 0) is 0 Å². The molecule has 0 radical (unpaired) electrons. The van der Waals surface area contributed by atoms with Crippen molar-refractivity contribution in [3.8, 4) is 0 Å². The minimum absolute atomic E-state index is 0.280. The minimum Gasteiger partial charge on any atom is -0.388 e. The normalized spacial score (nSPS) is 12.1. The van der Waals surface area contributed by atoms with Crippen LogP contribution in [0.1, 0.15) is 38.8 Å². The number of anilines is 1. The van der Waals surface area contributed by atoms with Gasteiger partial charge in [0, 0.05) is 18.4 Å². The molecule has 0 saturated heterocycles. The van der Waals surface area contributed by atoms with E-state index in [9.17, 15) is 0 Å². The van der Waals surface area contributed by atoms with E-state index in [-0.39, 0.29) is 4.99 Å². The molecule has 1 heterocycles. The van der Waals surface area contributed by atoms with Gasteiger partial charge in [0.2, 0.25) is 0 Å². The SMILES string of the molecule is CCCC(CC)Nc1nccnc1C(N)=S. The van der Waals surface area contributed by atoms with Crippen LogP contribution in [0.25, 0.3) is 0 Å². The van der Waals surface area contributed by atoms with Gasteiger partial charge in [0.1, 0.15) is 10.7 Å². The van der Waals surface area contributed by atoms with Gasteiger partial charge in [-0.05, 0) is 12.8 Å². The summed E-state index contributed by atoms with van der Waals surface area (Å²) in [5, 5.41) is 3.34.